The number of nitrogens with one attached hydrogen (secondary N) is 1. The Kier molecular flexibility index (Phi) is 9.70. The molecule has 44 heavy (non-hydrogen) atoms. The van der Waals surface area contributed by atoms with Crippen molar-refractivity contribution in [1.82, 2.24) is 5.32 Å². The van der Waals surface area contributed by atoms with E-state index in [1.807, 2.05) is 0 Å². The topological polar surface area (TPSA) is 84.9 Å². The van der Waals surface area contributed by atoms with Gasteiger partial charge in [0.1, 0.15) is 5.75 Å². The predicted octanol–water partition coefficient (Wildman–Crippen LogP) is 7.57. The monoisotopic (exact) mass is 605 g/mol. The lowest BCUT2D eigenvalue weighted by Crippen LogP contribution is -2.52. The van der Waals surface area contributed by atoms with Gasteiger partial charge in [0.25, 0.3) is 0 Å². The molecule has 0 saturated heterocycles. The molecule has 0 aromatic heterocycles. The van der Waals surface area contributed by atoms with Crippen LogP contribution in [-0.2, 0) is 14.3 Å². The van der Waals surface area contributed by atoms with Crippen LogP contribution in [0.25, 0.3) is 0 Å². The quantitative estimate of drug-likeness (QED) is 0.163. The minimum Gasteiger partial charge on any atom is -0.497 e. The molecule has 242 valence electrons. The number of aliphatic hydroxyl groups is 1. The summed E-state index contributed by atoms with van der Waals surface area (Å²) < 4.78 is 10.2. The first-order chi connectivity index (χ1) is 20.9. The van der Waals surface area contributed by atoms with Crippen LogP contribution in [0.1, 0.15) is 104 Å². The van der Waals surface area contributed by atoms with E-state index >= 15 is 0 Å². The highest BCUT2D eigenvalue weighted by molar-refractivity contribution is 5.96. The summed E-state index contributed by atoms with van der Waals surface area (Å²) in [5.74, 6) is 3.16. The van der Waals surface area contributed by atoms with Crippen LogP contribution in [0.3, 0.4) is 0 Å². The van der Waals surface area contributed by atoms with Gasteiger partial charge in [-0.05, 0) is 128 Å². The molecule has 1 aromatic carbocycles. The lowest BCUT2D eigenvalue weighted by molar-refractivity contribution is -0.145. The van der Waals surface area contributed by atoms with Gasteiger partial charge in [-0.1, -0.05) is 58.1 Å². The Morgan fingerprint density at radius 2 is 1.77 bits per heavy atom. The highest BCUT2D eigenvalue weighted by Gasteiger charge is 2.57. The Morgan fingerprint density at radius 1 is 1.05 bits per heavy atom. The number of carbonyl (C=O) groups is 2. The fourth-order valence-corrected chi connectivity index (χ4v) is 9.99. The van der Waals surface area contributed by atoms with Crippen molar-refractivity contribution in [3.63, 3.8) is 0 Å². The molecule has 6 heteroatoms. The van der Waals surface area contributed by atoms with Crippen molar-refractivity contribution in [2.75, 3.05) is 14.2 Å². The Bertz CT molecular complexity index is 1250. The van der Waals surface area contributed by atoms with E-state index in [1.165, 1.54) is 39.2 Å². The number of benzene rings is 1. The number of carbonyl (C=O) groups excluding carboxylic acids is 2. The average molecular weight is 606 g/mol. The van der Waals surface area contributed by atoms with E-state index in [4.69, 9.17) is 9.47 Å². The first kappa shape index (κ1) is 32.8. The molecule has 0 radical (unpaired) electrons. The lowest BCUT2D eigenvalue weighted by atomic mass is 9.45. The summed E-state index contributed by atoms with van der Waals surface area (Å²) in [5, 5.41) is 13.2. The average Bonchev–Trinajstić information content (AvgIpc) is 3.39. The zero-order valence-electron chi connectivity index (χ0n) is 27.9. The fraction of sp³-hybridized carbons (Fsp3) is 0.684. The number of allylic oxidation sites excluding steroid dienone is 2. The molecular formula is C38H55NO5. The number of hydrogen-bond donors (Lipinski definition) is 2. The third-order valence-corrected chi connectivity index (χ3v) is 12.9. The number of methoxy groups -OCH3 is 2. The van der Waals surface area contributed by atoms with Gasteiger partial charge in [0.15, 0.2) is 6.04 Å². The van der Waals surface area contributed by atoms with Gasteiger partial charge in [-0.25, -0.2) is 4.79 Å². The second-order valence-electron chi connectivity index (χ2n) is 15.1. The molecule has 3 fully saturated rings. The zero-order chi connectivity index (χ0) is 31.8. The first-order valence-corrected chi connectivity index (χ1v) is 17.0. The Morgan fingerprint density at radius 3 is 2.45 bits per heavy atom. The number of ether oxygens (including phenoxy) is 2. The highest BCUT2D eigenvalue weighted by atomic mass is 16.5. The minimum atomic E-state index is -0.907. The SMILES string of the molecule is C=C(C(=O)N[C@H](C(=O)OC)c1ccc(OC)cc1)C(C)CC[C@@H](C)[C@H]1CC=C2[C@@H]3CC[C@H]4C[C@@H](O)CC[C@]4(C)[C@H]3CC[C@@]21C. The van der Waals surface area contributed by atoms with Crippen LogP contribution >= 0.6 is 0 Å². The second-order valence-corrected chi connectivity index (χ2v) is 15.1. The number of rotatable bonds is 10. The molecule has 5 rings (SSSR count). The highest BCUT2D eigenvalue weighted by Crippen LogP contribution is 2.66. The molecule has 1 aromatic rings. The molecule has 6 nitrogen and oxygen atoms in total. The molecule has 3 saturated carbocycles. The van der Waals surface area contributed by atoms with Gasteiger partial charge in [-0.15, -0.1) is 0 Å². The normalized spacial score (nSPS) is 34.7. The Hall–Kier alpha value is -2.60. The summed E-state index contributed by atoms with van der Waals surface area (Å²) in [6.07, 6.45) is 13.9. The molecule has 10 atom stereocenters. The van der Waals surface area contributed by atoms with Gasteiger partial charge < -0.3 is 19.9 Å². The van der Waals surface area contributed by atoms with Crippen molar-refractivity contribution >= 4 is 11.9 Å². The number of hydrogen-bond acceptors (Lipinski definition) is 5. The van der Waals surface area contributed by atoms with Crippen LogP contribution in [0, 0.1) is 46.3 Å². The predicted molar refractivity (Wildman–Crippen MR) is 174 cm³/mol. The molecule has 0 aliphatic heterocycles. The van der Waals surface area contributed by atoms with Crippen LogP contribution in [0.15, 0.2) is 48.1 Å². The van der Waals surface area contributed by atoms with E-state index in [0.29, 0.717) is 46.0 Å². The minimum absolute atomic E-state index is 0.000805. The van der Waals surface area contributed by atoms with Crippen LogP contribution in [0.5, 0.6) is 5.75 Å². The maximum absolute atomic E-state index is 13.3. The van der Waals surface area contributed by atoms with Crippen LogP contribution in [-0.4, -0.2) is 37.3 Å². The van der Waals surface area contributed by atoms with Crippen molar-refractivity contribution in [1.29, 1.82) is 0 Å². The third-order valence-electron chi connectivity index (χ3n) is 12.9. The molecular weight excluding hydrogens is 550 g/mol. The van der Waals surface area contributed by atoms with Crippen LogP contribution in [0.2, 0.25) is 0 Å². The van der Waals surface area contributed by atoms with E-state index in [9.17, 15) is 14.7 Å². The van der Waals surface area contributed by atoms with E-state index in [0.717, 1.165) is 38.0 Å². The van der Waals surface area contributed by atoms with Gasteiger partial charge in [0.2, 0.25) is 5.91 Å². The summed E-state index contributed by atoms with van der Waals surface area (Å²) in [7, 11) is 2.91. The van der Waals surface area contributed by atoms with Gasteiger partial charge in [0, 0.05) is 5.57 Å². The summed E-state index contributed by atoms with van der Waals surface area (Å²) in [5.41, 5.74) is 3.53. The Balaban J connectivity index is 1.17. The van der Waals surface area contributed by atoms with Crippen molar-refractivity contribution in [2.45, 2.75) is 104 Å². The van der Waals surface area contributed by atoms with E-state index in [-0.39, 0.29) is 23.3 Å². The maximum atomic E-state index is 13.3. The summed E-state index contributed by atoms with van der Waals surface area (Å²) in [6.45, 7) is 13.7. The van der Waals surface area contributed by atoms with E-state index in [2.05, 4.69) is 45.7 Å². The molecule has 4 aliphatic rings. The molecule has 4 aliphatic carbocycles. The van der Waals surface area contributed by atoms with Crippen molar-refractivity contribution in [2.24, 2.45) is 46.3 Å². The smallest absolute Gasteiger partial charge is 0.333 e. The molecule has 0 spiro atoms. The summed E-state index contributed by atoms with van der Waals surface area (Å²) in [4.78, 5) is 25.8. The van der Waals surface area contributed by atoms with Crippen molar-refractivity contribution < 1.29 is 24.2 Å². The van der Waals surface area contributed by atoms with Gasteiger partial charge in [-0.2, -0.15) is 0 Å². The largest absolute Gasteiger partial charge is 0.497 e. The van der Waals surface area contributed by atoms with Crippen LogP contribution in [0.4, 0.5) is 0 Å². The maximum Gasteiger partial charge on any atom is 0.333 e. The molecule has 1 unspecified atom stereocenters. The fourth-order valence-electron chi connectivity index (χ4n) is 9.99. The number of amides is 1. The molecule has 1 amide bonds. The van der Waals surface area contributed by atoms with Gasteiger partial charge in [0.05, 0.1) is 20.3 Å². The lowest BCUT2D eigenvalue weighted by Gasteiger charge is -2.60. The number of esters is 1. The molecule has 2 N–H and O–H groups in total. The van der Waals surface area contributed by atoms with Crippen molar-refractivity contribution in [3.05, 3.63) is 53.6 Å². The molecule has 0 heterocycles. The Labute approximate surface area is 265 Å². The molecule has 0 bridgehead atoms. The zero-order valence-corrected chi connectivity index (χ0v) is 27.9. The summed E-state index contributed by atoms with van der Waals surface area (Å²) in [6, 6.07) is 6.14. The van der Waals surface area contributed by atoms with Gasteiger partial charge in [-0.3, -0.25) is 4.79 Å². The van der Waals surface area contributed by atoms with Crippen LogP contribution < -0.4 is 10.1 Å². The van der Waals surface area contributed by atoms with E-state index in [1.54, 1.807) is 36.9 Å². The number of fused-ring (bicyclic) bond motifs is 5. The summed E-state index contributed by atoms with van der Waals surface area (Å²) >= 11 is 0. The van der Waals surface area contributed by atoms with Crippen molar-refractivity contribution in [3.8, 4) is 5.75 Å². The standard InChI is InChI=1S/C38H55NO5/c1-23(25(3)35(41)39-34(36(42)44-7)26-10-13-29(43-6)14-11-26)8-9-24(2)31-16-17-32-30-15-12-27-22-28(40)18-20-37(27,4)33(30)19-21-38(31,32)5/h10-11,13-14,17,23-24,27-28,30-31,33-34,40H,3,8-9,12,15-16,18-22H2,1-2,4-7H3,(H,39,41)/t23?,24-,27+,28+,30+,31-,33+,34+,37+,38-/m1/s1. The first-order valence-electron chi connectivity index (χ1n) is 17.0. The van der Waals surface area contributed by atoms with E-state index < -0.39 is 12.0 Å². The van der Waals surface area contributed by atoms with Gasteiger partial charge >= 0.3 is 5.97 Å². The second kappa shape index (κ2) is 13.0. The third kappa shape index (κ3) is 6.00. The number of aliphatic hydroxyl groups excluding tert-OH is 1.